The molecule has 0 unspecified atom stereocenters. The maximum Gasteiger partial charge on any atom is 0.132 e. The third-order valence-electron chi connectivity index (χ3n) is 1.81. The summed E-state index contributed by atoms with van der Waals surface area (Å²) in [5.74, 6) is -0.803. The minimum absolute atomic E-state index is 0.00985. The van der Waals surface area contributed by atoms with Crippen LogP contribution >= 0.6 is 11.6 Å². The Morgan fingerprint density at radius 3 is 2.79 bits per heavy atom. The van der Waals surface area contributed by atoms with Crippen molar-refractivity contribution in [1.82, 2.24) is 0 Å². The van der Waals surface area contributed by atoms with E-state index in [9.17, 15) is 14.3 Å². The van der Waals surface area contributed by atoms with Gasteiger partial charge in [-0.05, 0) is 19.1 Å². The van der Waals surface area contributed by atoms with Crippen LogP contribution in [0.5, 0.6) is 0 Å². The van der Waals surface area contributed by atoms with Crippen molar-refractivity contribution >= 4 is 17.4 Å². The summed E-state index contributed by atoms with van der Waals surface area (Å²) in [7, 11) is 0. The van der Waals surface area contributed by atoms with Gasteiger partial charge in [-0.25, -0.2) is 4.39 Å². The Bertz CT molecular complexity index is 332. The molecule has 0 saturated carbocycles. The molecule has 0 heterocycles. The maximum atomic E-state index is 13.2. The number of hydrogen-bond acceptors (Lipinski definition) is 2. The Balaban J connectivity index is 2.99. The van der Waals surface area contributed by atoms with Crippen LogP contribution in [0.1, 0.15) is 25.0 Å². The number of rotatable bonds is 3. The molecule has 0 aliphatic heterocycles. The Morgan fingerprint density at radius 2 is 2.29 bits per heavy atom. The van der Waals surface area contributed by atoms with Gasteiger partial charge in [0.25, 0.3) is 0 Å². The fraction of sp³-hybridized carbons (Fsp3) is 0.300. The molecule has 2 nitrogen and oxygen atoms in total. The molecule has 0 spiro atoms. The number of aliphatic hydroxyl groups is 1. The van der Waals surface area contributed by atoms with E-state index in [4.69, 9.17) is 11.6 Å². The standard InChI is InChI=1S/C10H10ClFO2/c1-6(13)5-9(14)10-7(11)3-2-4-8(10)12/h2-4,9,14H,5H2,1H3/t9-/m1/s1. The lowest BCUT2D eigenvalue weighted by molar-refractivity contribution is -0.118. The second-order valence-electron chi connectivity index (χ2n) is 3.06. The smallest absolute Gasteiger partial charge is 0.132 e. The summed E-state index contributed by atoms with van der Waals surface area (Å²) in [4.78, 5) is 10.7. The quantitative estimate of drug-likeness (QED) is 0.843. The van der Waals surface area contributed by atoms with E-state index in [1.807, 2.05) is 0 Å². The van der Waals surface area contributed by atoms with Crippen molar-refractivity contribution in [3.63, 3.8) is 0 Å². The summed E-state index contributed by atoms with van der Waals surface area (Å²) in [6, 6.07) is 4.12. The lowest BCUT2D eigenvalue weighted by Crippen LogP contribution is -2.06. The highest BCUT2D eigenvalue weighted by Gasteiger charge is 2.17. The zero-order valence-corrected chi connectivity index (χ0v) is 8.38. The minimum atomic E-state index is -1.17. The molecular formula is C10H10ClFO2. The first kappa shape index (κ1) is 11.1. The van der Waals surface area contributed by atoms with Crippen molar-refractivity contribution in [3.8, 4) is 0 Å². The third-order valence-corrected chi connectivity index (χ3v) is 2.14. The van der Waals surface area contributed by atoms with Crippen LogP contribution in [0.3, 0.4) is 0 Å². The van der Waals surface area contributed by atoms with E-state index in [0.29, 0.717) is 0 Å². The van der Waals surface area contributed by atoms with Gasteiger partial charge in [0, 0.05) is 17.0 Å². The van der Waals surface area contributed by atoms with Crippen LogP contribution < -0.4 is 0 Å². The van der Waals surface area contributed by atoms with E-state index >= 15 is 0 Å². The fourth-order valence-electron chi connectivity index (χ4n) is 1.20. The number of Topliss-reactive ketones (excluding diaryl/α,β-unsaturated/α-hetero) is 1. The van der Waals surface area contributed by atoms with Gasteiger partial charge in [0.2, 0.25) is 0 Å². The van der Waals surface area contributed by atoms with E-state index in [-0.39, 0.29) is 22.8 Å². The largest absolute Gasteiger partial charge is 0.388 e. The summed E-state index contributed by atoms with van der Waals surface area (Å²) < 4.78 is 13.2. The summed E-state index contributed by atoms with van der Waals surface area (Å²) in [6.45, 7) is 1.33. The highest BCUT2D eigenvalue weighted by Crippen LogP contribution is 2.27. The Labute approximate surface area is 86.3 Å². The summed E-state index contributed by atoms with van der Waals surface area (Å²) in [5.41, 5.74) is -0.00985. The highest BCUT2D eigenvalue weighted by atomic mass is 35.5. The number of carbonyl (C=O) groups is 1. The predicted octanol–water partition coefficient (Wildman–Crippen LogP) is 2.49. The molecule has 0 radical (unpaired) electrons. The SMILES string of the molecule is CC(=O)C[C@@H](O)c1c(F)cccc1Cl. The molecule has 1 atom stereocenters. The number of halogens is 2. The van der Waals surface area contributed by atoms with Gasteiger partial charge in [-0.15, -0.1) is 0 Å². The van der Waals surface area contributed by atoms with Gasteiger partial charge < -0.3 is 5.11 Å². The molecule has 1 aromatic carbocycles. The molecule has 1 N–H and O–H groups in total. The number of carbonyl (C=O) groups excluding carboxylic acids is 1. The molecule has 0 aromatic heterocycles. The van der Waals surface area contributed by atoms with Crippen LogP contribution in [0.15, 0.2) is 18.2 Å². The molecule has 0 saturated heterocycles. The van der Waals surface area contributed by atoms with E-state index in [1.165, 1.54) is 25.1 Å². The van der Waals surface area contributed by atoms with E-state index in [2.05, 4.69) is 0 Å². The Hall–Kier alpha value is -0.930. The van der Waals surface area contributed by atoms with Crippen LogP contribution in [0, 0.1) is 5.82 Å². The van der Waals surface area contributed by atoms with Crippen LogP contribution in [0.25, 0.3) is 0 Å². The maximum absolute atomic E-state index is 13.2. The van der Waals surface area contributed by atoms with Crippen LogP contribution in [0.4, 0.5) is 4.39 Å². The average Bonchev–Trinajstić information content (AvgIpc) is 2.01. The normalized spacial score (nSPS) is 12.6. The van der Waals surface area contributed by atoms with Crippen LogP contribution in [-0.2, 0) is 4.79 Å². The molecule has 0 bridgehead atoms. The number of ketones is 1. The van der Waals surface area contributed by atoms with Gasteiger partial charge in [-0.2, -0.15) is 0 Å². The zero-order valence-electron chi connectivity index (χ0n) is 7.63. The number of hydrogen-bond donors (Lipinski definition) is 1. The first-order chi connectivity index (χ1) is 6.52. The summed E-state index contributed by atoms with van der Waals surface area (Å²) in [6.07, 6.45) is -1.29. The van der Waals surface area contributed by atoms with Crippen molar-refractivity contribution in [2.75, 3.05) is 0 Å². The number of aliphatic hydroxyl groups excluding tert-OH is 1. The number of benzene rings is 1. The molecule has 0 amide bonds. The Kier molecular flexibility index (Phi) is 3.61. The van der Waals surface area contributed by atoms with Gasteiger partial charge in [-0.3, -0.25) is 4.79 Å². The van der Waals surface area contributed by atoms with Gasteiger partial charge in [-0.1, -0.05) is 17.7 Å². The lowest BCUT2D eigenvalue weighted by atomic mass is 10.0. The molecule has 0 aliphatic rings. The van der Waals surface area contributed by atoms with Crippen molar-refractivity contribution in [1.29, 1.82) is 0 Å². The van der Waals surface area contributed by atoms with E-state index in [1.54, 1.807) is 0 Å². The predicted molar refractivity (Wildman–Crippen MR) is 51.7 cm³/mol. The molecule has 76 valence electrons. The molecule has 4 heteroatoms. The lowest BCUT2D eigenvalue weighted by Gasteiger charge is -2.11. The van der Waals surface area contributed by atoms with Crippen molar-refractivity contribution < 1.29 is 14.3 Å². The summed E-state index contributed by atoms with van der Waals surface area (Å²) >= 11 is 5.70. The first-order valence-electron chi connectivity index (χ1n) is 4.13. The fourth-order valence-corrected chi connectivity index (χ4v) is 1.49. The molecular weight excluding hydrogens is 207 g/mol. The van der Waals surface area contributed by atoms with E-state index < -0.39 is 11.9 Å². The van der Waals surface area contributed by atoms with Crippen LogP contribution in [-0.4, -0.2) is 10.9 Å². The Morgan fingerprint density at radius 1 is 1.64 bits per heavy atom. The van der Waals surface area contributed by atoms with Crippen molar-refractivity contribution in [2.24, 2.45) is 0 Å². The van der Waals surface area contributed by atoms with E-state index in [0.717, 1.165) is 0 Å². The topological polar surface area (TPSA) is 37.3 Å². The van der Waals surface area contributed by atoms with Crippen molar-refractivity contribution in [2.45, 2.75) is 19.4 Å². The first-order valence-corrected chi connectivity index (χ1v) is 4.51. The van der Waals surface area contributed by atoms with Gasteiger partial charge in [0.1, 0.15) is 11.6 Å². The summed E-state index contributed by atoms with van der Waals surface area (Å²) in [5, 5.41) is 9.65. The van der Waals surface area contributed by atoms with Gasteiger partial charge in [0.15, 0.2) is 0 Å². The molecule has 0 fully saturated rings. The zero-order chi connectivity index (χ0) is 10.7. The second-order valence-corrected chi connectivity index (χ2v) is 3.46. The highest BCUT2D eigenvalue weighted by molar-refractivity contribution is 6.31. The van der Waals surface area contributed by atoms with Gasteiger partial charge in [0.05, 0.1) is 6.10 Å². The van der Waals surface area contributed by atoms with Gasteiger partial charge >= 0.3 is 0 Å². The van der Waals surface area contributed by atoms with Crippen LogP contribution in [0.2, 0.25) is 5.02 Å². The second kappa shape index (κ2) is 4.53. The molecule has 1 aromatic rings. The average molecular weight is 217 g/mol. The molecule has 0 aliphatic carbocycles. The molecule has 1 rings (SSSR count). The minimum Gasteiger partial charge on any atom is -0.388 e. The third kappa shape index (κ3) is 2.53. The molecule has 14 heavy (non-hydrogen) atoms. The van der Waals surface area contributed by atoms with Crippen molar-refractivity contribution in [3.05, 3.63) is 34.6 Å². The monoisotopic (exact) mass is 216 g/mol.